The minimum absolute atomic E-state index is 0.202. The first kappa shape index (κ1) is 8.51. The van der Waals surface area contributed by atoms with Crippen molar-refractivity contribution in [2.75, 3.05) is 6.54 Å². The summed E-state index contributed by atoms with van der Waals surface area (Å²) in [5, 5.41) is 0. The van der Waals surface area contributed by atoms with Gasteiger partial charge in [0.15, 0.2) is 0 Å². The smallest absolute Gasteiger partial charge is 0.223 e. The van der Waals surface area contributed by atoms with E-state index >= 15 is 0 Å². The van der Waals surface area contributed by atoms with Gasteiger partial charge in [-0.3, -0.25) is 4.79 Å². The Morgan fingerprint density at radius 1 is 1.21 bits per heavy atom. The van der Waals surface area contributed by atoms with E-state index in [9.17, 15) is 4.79 Å². The van der Waals surface area contributed by atoms with Gasteiger partial charge in [-0.2, -0.15) is 0 Å². The van der Waals surface area contributed by atoms with Crippen molar-refractivity contribution >= 4 is 5.91 Å². The average molecular weight is 191 g/mol. The van der Waals surface area contributed by atoms with Crippen molar-refractivity contribution in [3.63, 3.8) is 0 Å². The molecule has 76 valence electrons. The van der Waals surface area contributed by atoms with Crippen molar-refractivity contribution in [1.82, 2.24) is 4.90 Å². The predicted molar refractivity (Wildman–Crippen MR) is 54.8 cm³/mol. The third-order valence-electron chi connectivity index (χ3n) is 4.18. The number of carbonyl (C=O) groups excluding carboxylic acids is 1. The minimum atomic E-state index is 0.202. The Morgan fingerprint density at radius 3 is 3.00 bits per heavy atom. The molecule has 1 atom stereocenters. The van der Waals surface area contributed by atoms with Gasteiger partial charge in [0.2, 0.25) is 5.91 Å². The molecule has 2 nitrogen and oxygen atoms in total. The van der Waals surface area contributed by atoms with Gasteiger partial charge >= 0.3 is 0 Å². The highest BCUT2D eigenvalue weighted by atomic mass is 16.2. The van der Waals surface area contributed by atoms with Gasteiger partial charge in [-0.1, -0.05) is 6.08 Å². The van der Waals surface area contributed by atoms with Crippen LogP contribution in [0.5, 0.6) is 0 Å². The van der Waals surface area contributed by atoms with E-state index in [0.29, 0.717) is 5.91 Å². The Bertz CT molecular complexity index is 307. The fourth-order valence-electron chi connectivity index (χ4n) is 3.57. The van der Waals surface area contributed by atoms with E-state index in [2.05, 4.69) is 11.0 Å². The highest BCUT2D eigenvalue weighted by molar-refractivity contribution is 5.80. The largest absolute Gasteiger partial charge is 0.333 e. The van der Waals surface area contributed by atoms with E-state index in [-0.39, 0.29) is 5.54 Å². The Morgan fingerprint density at radius 2 is 2.07 bits per heavy atom. The fourth-order valence-corrected chi connectivity index (χ4v) is 3.57. The maximum Gasteiger partial charge on any atom is 0.223 e. The summed E-state index contributed by atoms with van der Waals surface area (Å²) in [7, 11) is 0. The third kappa shape index (κ3) is 0.943. The topological polar surface area (TPSA) is 20.3 Å². The van der Waals surface area contributed by atoms with E-state index in [1.807, 2.05) is 0 Å². The van der Waals surface area contributed by atoms with Crippen LogP contribution in [0.1, 0.15) is 44.9 Å². The van der Waals surface area contributed by atoms with E-state index in [0.717, 1.165) is 19.4 Å². The average Bonchev–Trinajstić information content (AvgIpc) is 2.62. The maximum absolute atomic E-state index is 11.8. The van der Waals surface area contributed by atoms with Gasteiger partial charge in [-0.05, 0) is 44.1 Å². The van der Waals surface area contributed by atoms with Crippen molar-refractivity contribution in [2.45, 2.75) is 50.5 Å². The maximum atomic E-state index is 11.8. The second-order valence-corrected chi connectivity index (χ2v) is 4.80. The third-order valence-corrected chi connectivity index (χ3v) is 4.18. The molecule has 0 radical (unpaired) electrons. The monoisotopic (exact) mass is 191 g/mol. The molecule has 2 heteroatoms. The molecule has 3 rings (SSSR count). The fraction of sp³-hybridized carbons (Fsp3) is 0.750. The van der Waals surface area contributed by atoms with E-state index in [4.69, 9.17) is 0 Å². The van der Waals surface area contributed by atoms with Gasteiger partial charge < -0.3 is 4.90 Å². The van der Waals surface area contributed by atoms with E-state index < -0.39 is 0 Å². The van der Waals surface area contributed by atoms with Crippen LogP contribution in [0.15, 0.2) is 11.6 Å². The van der Waals surface area contributed by atoms with Crippen LogP contribution in [0.25, 0.3) is 0 Å². The molecule has 2 saturated heterocycles. The van der Waals surface area contributed by atoms with Crippen LogP contribution in [-0.4, -0.2) is 22.9 Å². The van der Waals surface area contributed by atoms with Crippen molar-refractivity contribution < 1.29 is 4.79 Å². The van der Waals surface area contributed by atoms with Crippen LogP contribution < -0.4 is 0 Å². The molecule has 0 saturated carbocycles. The lowest BCUT2D eigenvalue weighted by Crippen LogP contribution is -2.52. The molecule has 0 aromatic carbocycles. The summed E-state index contributed by atoms with van der Waals surface area (Å²) in [6.45, 7) is 1.01. The van der Waals surface area contributed by atoms with Crippen molar-refractivity contribution in [3.8, 4) is 0 Å². The zero-order chi connectivity index (χ0) is 9.60. The van der Waals surface area contributed by atoms with Crippen LogP contribution in [-0.2, 0) is 4.79 Å². The summed E-state index contributed by atoms with van der Waals surface area (Å²) < 4.78 is 0. The number of piperidine rings is 1. The Labute approximate surface area is 85.0 Å². The lowest BCUT2D eigenvalue weighted by Gasteiger charge is -2.46. The predicted octanol–water partition coefficient (Wildman–Crippen LogP) is 2.25. The molecule has 3 aliphatic rings. The lowest BCUT2D eigenvalue weighted by molar-refractivity contribution is -0.136. The summed E-state index contributed by atoms with van der Waals surface area (Å²) in [6.07, 6.45) is 10.4. The molecular formula is C12H17NO. The van der Waals surface area contributed by atoms with Crippen LogP contribution in [0, 0.1) is 0 Å². The number of hydrogen-bond acceptors (Lipinski definition) is 1. The van der Waals surface area contributed by atoms with Gasteiger partial charge in [0.25, 0.3) is 0 Å². The second-order valence-electron chi connectivity index (χ2n) is 4.80. The number of allylic oxidation sites excluding steroid dienone is 1. The molecule has 1 aliphatic carbocycles. The van der Waals surface area contributed by atoms with Gasteiger partial charge in [0.1, 0.15) is 0 Å². The summed E-state index contributed by atoms with van der Waals surface area (Å²) in [4.78, 5) is 14.0. The lowest BCUT2D eigenvalue weighted by atomic mass is 9.74. The number of nitrogens with zero attached hydrogens (tertiary/aromatic N) is 1. The molecule has 0 bridgehead atoms. The first-order chi connectivity index (χ1) is 6.83. The van der Waals surface area contributed by atoms with E-state index in [1.165, 1.54) is 32.1 Å². The van der Waals surface area contributed by atoms with E-state index in [1.54, 1.807) is 5.57 Å². The Hall–Kier alpha value is -0.790. The molecule has 0 aromatic heterocycles. The molecule has 1 spiro atoms. The molecule has 14 heavy (non-hydrogen) atoms. The second kappa shape index (κ2) is 2.85. The molecule has 0 aromatic rings. The zero-order valence-electron chi connectivity index (χ0n) is 8.59. The van der Waals surface area contributed by atoms with Crippen LogP contribution in [0.4, 0.5) is 0 Å². The number of hydrogen-bond donors (Lipinski definition) is 0. The van der Waals surface area contributed by atoms with Crippen molar-refractivity contribution in [2.24, 2.45) is 0 Å². The first-order valence-corrected chi connectivity index (χ1v) is 5.83. The quantitative estimate of drug-likeness (QED) is 0.538. The molecule has 0 N–H and O–H groups in total. The van der Waals surface area contributed by atoms with Crippen molar-refractivity contribution in [3.05, 3.63) is 11.6 Å². The Kier molecular flexibility index (Phi) is 1.73. The van der Waals surface area contributed by atoms with Crippen molar-refractivity contribution in [1.29, 1.82) is 0 Å². The molecule has 0 unspecified atom stereocenters. The summed E-state index contributed by atoms with van der Waals surface area (Å²) in [5.74, 6) is 0.404. The van der Waals surface area contributed by atoms with Crippen LogP contribution >= 0.6 is 0 Å². The molecule has 1 amide bonds. The highest BCUT2D eigenvalue weighted by Gasteiger charge is 2.48. The standard InChI is InChI=1S/C12H17NO/c14-11-6-5-10-4-1-2-7-12(10)8-3-9-13(11)12/h4H,1-3,5-9H2/t12-/m0/s1. The summed E-state index contributed by atoms with van der Waals surface area (Å²) >= 11 is 0. The normalized spacial score (nSPS) is 36.4. The minimum Gasteiger partial charge on any atom is -0.333 e. The van der Waals surface area contributed by atoms with Gasteiger partial charge in [-0.15, -0.1) is 0 Å². The molecule has 2 aliphatic heterocycles. The van der Waals surface area contributed by atoms with Gasteiger partial charge in [0.05, 0.1) is 5.54 Å². The van der Waals surface area contributed by atoms with Gasteiger partial charge in [0, 0.05) is 13.0 Å². The summed E-state index contributed by atoms with van der Waals surface area (Å²) in [6, 6.07) is 0. The molecule has 2 heterocycles. The van der Waals surface area contributed by atoms with Gasteiger partial charge in [-0.25, -0.2) is 0 Å². The number of carbonyl (C=O) groups is 1. The number of amides is 1. The van der Waals surface area contributed by atoms with Crippen LogP contribution in [0.3, 0.4) is 0 Å². The zero-order valence-corrected chi connectivity index (χ0v) is 8.59. The Balaban J connectivity index is 2.05. The first-order valence-electron chi connectivity index (χ1n) is 5.83. The SMILES string of the molecule is O=C1CCC2=CCCC[C@]23CCCN13. The molecular weight excluding hydrogens is 174 g/mol. The summed E-state index contributed by atoms with van der Waals surface area (Å²) in [5.41, 5.74) is 1.79. The highest BCUT2D eigenvalue weighted by Crippen LogP contribution is 2.47. The molecule has 2 fully saturated rings. The number of rotatable bonds is 0. The van der Waals surface area contributed by atoms with Crippen LogP contribution in [0.2, 0.25) is 0 Å².